The Hall–Kier alpha value is -4.48. The van der Waals surface area contributed by atoms with E-state index in [0.29, 0.717) is 11.1 Å². The molecule has 2 aromatic rings. The second-order valence-electron chi connectivity index (χ2n) is 11.5. The first-order chi connectivity index (χ1) is 19.9. The van der Waals surface area contributed by atoms with Crippen LogP contribution in [0.1, 0.15) is 56.1 Å². The molecule has 2 heterocycles. The highest BCUT2D eigenvalue weighted by Gasteiger charge is 2.63. The molecule has 0 saturated heterocycles. The van der Waals surface area contributed by atoms with E-state index in [-0.39, 0.29) is 29.9 Å². The topological polar surface area (TPSA) is 148 Å². The molecule has 1 aliphatic heterocycles. The Labute approximate surface area is 241 Å². The molecule has 0 bridgehead atoms. The van der Waals surface area contributed by atoms with Crippen LogP contribution in [-0.4, -0.2) is 57.3 Å². The predicted octanol–water partition coefficient (Wildman–Crippen LogP) is 1.47. The summed E-state index contributed by atoms with van der Waals surface area (Å²) in [4.78, 5) is 81.9. The van der Waals surface area contributed by atoms with Crippen LogP contribution in [0.15, 0.2) is 62.7 Å². The fourth-order valence-corrected chi connectivity index (χ4v) is 7.05. The van der Waals surface area contributed by atoms with Crippen LogP contribution in [0.2, 0.25) is 0 Å². The number of fused-ring (bicyclic) bond motifs is 2. The number of carbonyl (C=O) groups is 4. The number of hydrogen-bond acceptors (Lipinski definition) is 8. The fraction of sp³-hybridized carbons (Fsp3) is 0.467. The number of Topliss-reactive ketones (excluding diaryl/α,β-unsaturated/α-hetero) is 1. The largest absolute Gasteiger partial charge is 0.469 e. The summed E-state index contributed by atoms with van der Waals surface area (Å²) in [7, 11) is 3.75. The zero-order valence-corrected chi connectivity index (χ0v) is 24.4. The van der Waals surface area contributed by atoms with Crippen molar-refractivity contribution in [3.05, 3.63) is 79.7 Å². The molecular weight excluding hydrogens is 544 g/mol. The van der Waals surface area contributed by atoms with Crippen molar-refractivity contribution in [1.29, 1.82) is 0 Å². The molecule has 12 nitrogen and oxygen atoms in total. The van der Waals surface area contributed by atoms with Gasteiger partial charge in [0.05, 0.1) is 32.2 Å². The molecule has 3 aliphatic rings. The Morgan fingerprint density at radius 3 is 2.26 bits per heavy atom. The lowest BCUT2D eigenvalue weighted by atomic mass is 9.69. The maximum atomic E-state index is 14.8. The van der Waals surface area contributed by atoms with Gasteiger partial charge in [-0.3, -0.25) is 14.4 Å². The molecule has 42 heavy (non-hydrogen) atoms. The molecule has 1 aromatic carbocycles. The molecule has 1 N–H and O–H groups in total. The zero-order valence-electron chi connectivity index (χ0n) is 24.4. The Kier molecular flexibility index (Phi) is 7.20. The molecular formula is C30H34N4O8. The molecule has 5 rings (SSSR count). The monoisotopic (exact) mass is 578 g/mol. The third-order valence-electron chi connectivity index (χ3n) is 8.64. The quantitative estimate of drug-likeness (QED) is 0.507. The van der Waals surface area contributed by atoms with Gasteiger partial charge in [0.15, 0.2) is 5.78 Å². The molecule has 0 saturated carbocycles. The summed E-state index contributed by atoms with van der Waals surface area (Å²) >= 11 is 0. The van der Waals surface area contributed by atoms with Crippen LogP contribution >= 0.6 is 0 Å². The lowest BCUT2D eigenvalue weighted by molar-refractivity contribution is -0.146. The SMILES string of the molecule is COC(=O)C1=C[C@@H](C(=O)OC)[C@@H]2C3=C(C(=O)[C@@]2(CC(C)C)NC(=O)c2ccccc2)[C@H](C)n2c(=O)n(C)c(=O)n2[C@@H]3C1. The minimum Gasteiger partial charge on any atom is -0.469 e. The van der Waals surface area contributed by atoms with Crippen molar-refractivity contribution in [1.82, 2.24) is 19.2 Å². The lowest BCUT2D eigenvalue weighted by Crippen LogP contribution is -2.60. The molecule has 1 aromatic heterocycles. The van der Waals surface area contributed by atoms with Crippen molar-refractivity contribution in [2.24, 2.45) is 24.8 Å². The summed E-state index contributed by atoms with van der Waals surface area (Å²) in [6.07, 6.45) is 1.44. The van der Waals surface area contributed by atoms with E-state index in [4.69, 9.17) is 9.47 Å². The van der Waals surface area contributed by atoms with E-state index < -0.39 is 64.5 Å². The second kappa shape index (κ2) is 10.4. The van der Waals surface area contributed by atoms with Crippen molar-refractivity contribution < 1.29 is 28.7 Å². The summed E-state index contributed by atoms with van der Waals surface area (Å²) in [5, 5.41) is 3.01. The van der Waals surface area contributed by atoms with Gasteiger partial charge >= 0.3 is 23.3 Å². The van der Waals surface area contributed by atoms with Crippen molar-refractivity contribution in [3.63, 3.8) is 0 Å². The van der Waals surface area contributed by atoms with Gasteiger partial charge in [-0.2, -0.15) is 0 Å². The number of ether oxygens (including phenoxy) is 2. The Bertz CT molecular complexity index is 1670. The minimum atomic E-state index is -1.65. The molecule has 0 fully saturated rings. The fourth-order valence-electron chi connectivity index (χ4n) is 7.05. The highest BCUT2D eigenvalue weighted by Crippen LogP contribution is 2.56. The number of nitrogens with zero attached hydrogens (tertiary/aromatic N) is 3. The normalized spacial score (nSPS) is 26.3. The van der Waals surface area contributed by atoms with Gasteiger partial charge in [0.25, 0.3) is 5.91 Å². The average molecular weight is 579 g/mol. The van der Waals surface area contributed by atoms with E-state index in [1.54, 1.807) is 37.3 Å². The Morgan fingerprint density at radius 1 is 1.02 bits per heavy atom. The van der Waals surface area contributed by atoms with Crippen LogP contribution in [-0.2, 0) is 30.9 Å². The molecule has 0 unspecified atom stereocenters. The van der Waals surface area contributed by atoms with Crippen molar-refractivity contribution in [3.8, 4) is 0 Å². The van der Waals surface area contributed by atoms with Crippen LogP contribution in [0.25, 0.3) is 0 Å². The summed E-state index contributed by atoms with van der Waals surface area (Å²) in [6, 6.07) is 6.52. The second-order valence-corrected chi connectivity index (χ2v) is 11.5. The predicted molar refractivity (Wildman–Crippen MR) is 150 cm³/mol. The number of methoxy groups -OCH3 is 2. The van der Waals surface area contributed by atoms with E-state index in [1.165, 1.54) is 36.7 Å². The van der Waals surface area contributed by atoms with Gasteiger partial charge in [0.2, 0.25) is 0 Å². The standard InChI is InChI=1S/C30H34N4O8/c1-15(2)14-30(31-25(36)17-10-8-7-9-11-17)23-19(27(38)42-6)12-18(26(37)41-5)13-20-22(23)21(24(30)35)16(3)33-28(39)32(4)29(40)34(20)33/h7-12,15-16,19-20,23H,13-14H2,1-6H3,(H,31,36)/t16-,19+,20+,23+,30-/m0/s1. The summed E-state index contributed by atoms with van der Waals surface area (Å²) in [5.41, 5.74) is -1.85. The van der Waals surface area contributed by atoms with Crippen LogP contribution in [0.5, 0.6) is 0 Å². The number of nitrogens with one attached hydrogen (secondary N) is 1. The van der Waals surface area contributed by atoms with Gasteiger partial charge in [-0.25, -0.2) is 28.3 Å². The average Bonchev–Trinajstić information content (AvgIpc) is 3.24. The van der Waals surface area contributed by atoms with E-state index in [1.807, 2.05) is 13.8 Å². The molecule has 2 aliphatic carbocycles. The lowest BCUT2D eigenvalue weighted by Gasteiger charge is -2.40. The number of ketones is 1. The smallest absolute Gasteiger partial charge is 0.347 e. The number of amides is 1. The summed E-state index contributed by atoms with van der Waals surface area (Å²) in [6.45, 7) is 5.43. The van der Waals surface area contributed by atoms with Gasteiger partial charge in [-0.15, -0.1) is 0 Å². The van der Waals surface area contributed by atoms with Gasteiger partial charge < -0.3 is 14.8 Å². The Balaban J connectivity index is 1.85. The maximum absolute atomic E-state index is 14.8. The third-order valence-corrected chi connectivity index (χ3v) is 8.64. The number of hydrogen-bond donors (Lipinski definition) is 1. The highest BCUT2D eigenvalue weighted by molar-refractivity contribution is 6.11. The van der Waals surface area contributed by atoms with E-state index in [2.05, 4.69) is 5.32 Å². The minimum absolute atomic E-state index is 0.0868. The first-order valence-electron chi connectivity index (χ1n) is 13.8. The number of carbonyl (C=O) groups excluding carboxylic acids is 4. The highest BCUT2D eigenvalue weighted by atomic mass is 16.5. The molecule has 1 amide bonds. The van der Waals surface area contributed by atoms with Crippen molar-refractivity contribution in [2.45, 2.75) is 51.2 Å². The summed E-state index contributed by atoms with van der Waals surface area (Å²) < 4.78 is 13.6. The molecule has 5 atom stereocenters. The number of aromatic nitrogens is 3. The maximum Gasteiger partial charge on any atom is 0.347 e. The first kappa shape index (κ1) is 29.0. The number of esters is 2. The third kappa shape index (κ3) is 4.11. The van der Waals surface area contributed by atoms with Gasteiger partial charge in [-0.05, 0) is 37.0 Å². The molecule has 12 heteroatoms. The molecule has 0 spiro atoms. The van der Waals surface area contributed by atoms with Crippen molar-refractivity contribution in [2.75, 3.05) is 14.2 Å². The number of benzene rings is 1. The van der Waals surface area contributed by atoms with Crippen LogP contribution in [0, 0.1) is 17.8 Å². The van der Waals surface area contributed by atoms with Crippen LogP contribution in [0.4, 0.5) is 0 Å². The zero-order chi connectivity index (χ0) is 30.7. The van der Waals surface area contributed by atoms with Crippen molar-refractivity contribution >= 4 is 23.6 Å². The van der Waals surface area contributed by atoms with Gasteiger partial charge in [0.1, 0.15) is 5.54 Å². The van der Waals surface area contributed by atoms with Gasteiger partial charge in [-0.1, -0.05) is 38.1 Å². The Morgan fingerprint density at radius 2 is 1.67 bits per heavy atom. The van der Waals surface area contributed by atoms with Crippen LogP contribution in [0.3, 0.4) is 0 Å². The first-order valence-corrected chi connectivity index (χ1v) is 13.8. The number of rotatable bonds is 6. The molecule has 222 valence electrons. The van der Waals surface area contributed by atoms with Crippen LogP contribution < -0.4 is 16.7 Å². The summed E-state index contributed by atoms with van der Waals surface area (Å²) in [5.74, 6) is -4.75. The van der Waals surface area contributed by atoms with Gasteiger partial charge in [0, 0.05) is 36.1 Å². The van der Waals surface area contributed by atoms with E-state index in [0.717, 1.165) is 4.57 Å². The molecule has 0 radical (unpaired) electrons. The van der Waals surface area contributed by atoms with E-state index >= 15 is 0 Å². The van der Waals surface area contributed by atoms with E-state index in [9.17, 15) is 28.8 Å².